The second kappa shape index (κ2) is 15.3. The van der Waals surface area contributed by atoms with E-state index >= 15 is 0 Å². The Hall–Kier alpha value is -3.99. The van der Waals surface area contributed by atoms with Gasteiger partial charge in [-0.2, -0.15) is 0 Å². The number of piperidine rings is 1. The number of carbonyl (C=O) groups is 1. The van der Waals surface area contributed by atoms with Gasteiger partial charge in [0.15, 0.2) is 11.5 Å². The fourth-order valence-electron chi connectivity index (χ4n) is 5.07. The van der Waals surface area contributed by atoms with E-state index in [2.05, 4.69) is 0 Å². The van der Waals surface area contributed by atoms with Gasteiger partial charge in [0.05, 0.1) is 73.1 Å². The first-order chi connectivity index (χ1) is 20.4. The van der Waals surface area contributed by atoms with Crippen LogP contribution >= 0.6 is 0 Å². The Morgan fingerprint density at radius 3 is 2.17 bits per heavy atom. The van der Waals surface area contributed by atoms with Crippen molar-refractivity contribution in [3.05, 3.63) is 83.4 Å². The van der Waals surface area contributed by atoms with E-state index in [4.69, 9.17) is 28.4 Å². The molecule has 3 atom stereocenters. The van der Waals surface area contributed by atoms with Crippen LogP contribution in [0.5, 0.6) is 23.0 Å². The highest BCUT2D eigenvalue weighted by Gasteiger charge is 2.39. The number of nitrogens with zero attached hydrogens (tertiary/aromatic N) is 1. The summed E-state index contributed by atoms with van der Waals surface area (Å²) in [6.45, 7) is 1.92. The van der Waals surface area contributed by atoms with Crippen molar-refractivity contribution >= 4 is 6.09 Å². The fourth-order valence-corrected chi connectivity index (χ4v) is 5.07. The number of benzene rings is 3. The van der Waals surface area contributed by atoms with Crippen LogP contribution in [0.1, 0.15) is 29.0 Å². The van der Waals surface area contributed by atoms with Crippen molar-refractivity contribution in [3.8, 4) is 23.0 Å². The third-order valence-electron chi connectivity index (χ3n) is 7.16. The maximum atomic E-state index is 11.8. The van der Waals surface area contributed by atoms with Gasteiger partial charge in [-0.25, -0.2) is 4.79 Å². The van der Waals surface area contributed by atoms with Crippen LogP contribution in [0.4, 0.5) is 4.79 Å². The highest BCUT2D eigenvalue weighted by Crippen LogP contribution is 2.39. The standard InChI is InChI=1S/C32H39NO9/c1-37-27-16-23(17-28(38-2)31(27)39-3)21-42-29-19-33(32(35)36)18-26(34)30(29)24-10-12-25(13-11-24)41-15-7-14-40-20-22-8-5-4-6-9-22/h4-6,8-13,16-17,26,29-30,34H,7,14-15,18-21H2,1-3H3,(H,35,36). The smallest absolute Gasteiger partial charge is 0.407 e. The molecule has 0 saturated carbocycles. The maximum absolute atomic E-state index is 11.8. The van der Waals surface area contributed by atoms with E-state index in [9.17, 15) is 15.0 Å². The Morgan fingerprint density at radius 1 is 0.857 bits per heavy atom. The van der Waals surface area contributed by atoms with Gasteiger partial charge in [-0.3, -0.25) is 0 Å². The molecule has 1 saturated heterocycles. The van der Waals surface area contributed by atoms with Crippen molar-refractivity contribution in [2.75, 3.05) is 47.6 Å². The maximum Gasteiger partial charge on any atom is 0.407 e. The lowest BCUT2D eigenvalue weighted by Gasteiger charge is -2.40. The molecule has 226 valence electrons. The summed E-state index contributed by atoms with van der Waals surface area (Å²) < 4.78 is 34.1. The predicted octanol–water partition coefficient (Wildman–Crippen LogP) is 4.72. The molecule has 42 heavy (non-hydrogen) atoms. The van der Waals surface area contributed by atoms with Gasteiger partial charge in [0.2, 0.25) is 5.75 Å². The fraction of sp³-hybridized carbons (Fsp3) is 0.406. The third kappa shape index (κ3) is 8.06. The van der Waals surface area contributed by atoms with Crippen molar-refractivity contribution in [2.24, 2.45) is 0 Å². The zero-order valence-electron chi connectivity index (χ0n) is 24.2. The summed E-state index contributed by atoms with van der Waals surface area (Å²) >= 11 is 0. The zero-order chi connectivity index (χ0) is 29.9. The quantitative estimate of drug-likeness (QED) is 0.261. The Labute approximate surface area is 246 Å². The van der Waals surface area contributed by atoms with Gasteiger partial charge in [0.1, 0.15) is 5.75 Å². The minimum Gasteiger partial charge on any atom is -0.494 e. The SMILES string of the molecule is COc1cc(COC2CN(C(=O)O)CC(O)C2c2ccc(OCCCOCc3ccccc3)cc2)cc(OC)c1OC. The molecule has 3 aromatic rings. The predicted molar refractivity (Wildman–Crippen MR) is 156 cm³/mol. The molecule has 4 rings (SSSR count). The van der Waals surface area contributed by atoms with E-state index in [-0.39, 0.29) is 19.7 Å². The van der Waals surface area contributed by atoms with Gasteiger partial charge in [0, 0.05) is 12.3 Å². The lowest BCUT2D eigenvalue weighted by Crippen LogP contribution is -2.53. The van der Waals surface area contributed by atoms with Crippen LogP contribution in [-0.2, 0) is 22.7 Å². The normalized spacial score (nSPS) is 18.4. The van der Waals surface area contributed by atoms with E-state index < -0.39 is 24.2 Å². The lowest BCUT2D eigenvalue weighted by atomic mass is 9.84. The van der Waals surface area contributed by atoms with Crippen LogP contribution in [0.3, 0.4) is 0 Å². The summed E-state index contributed by atoms with van der Waals surface area (Å²) in [7, 11) is 4.60. The number of methoxy groups -OCH3 is 3. The highest BCUT2D eigenvalue weighted by molar-refractivity contribution is 5.65. The molecule has 10 nitrogen and oxygen atoms in total. The van der Waals surface area contributed by atoms with Gasteiger partial charge >= 0.3 is 6.09 Å². The second-order valence-electron chi connectivity index (χ2n) is 9.97. The molecule has 1 fully saturated rings. The van der Waals surface area contributed by atoms with E-state index in [0.717, 1.165) is 23.1 Å². The summed E-state index contributed by atoms with van der Waals surface area (Å²) in [4.78, 5) is 12.9. The number of aliphatic hydroxyl groups excluding tert-OH is 1. The summed E-state index contributed by atoms with van der Waals surface area (Å²) in [6.07, 6.45) is -1.91. The number of hydrogen-bond acceptors (Lipinski definition) is 8. The number of ether oxygens (including phenoxy) is 6. The van der Waals surface area contributed by atoms with E-state index in [1.54, 1.807) is 12.1 Å². The molecule has 0 bridgehead atoms. The number of β-amino-alcohol motifs (C(OH)–C–C–N with tert-alkyl or cyclic N) is 1. The Balaban J connectivity index is 1.37. The Morgan fingerprint density at radius 2 is 1.55 bits per heavy atom. The number of likely N-dealkylation sites (tertiary alicyclic amines) is 1. The average molecular weight is 582 g/mol. The highest BCUT2D eigenvalue weighted by atomic mass is 16.5. The van der Waals surface area contributed by atoms with Crippen LogP contribution < -0.4 is 18.9 Å². The molecule has 0 radical (unpaired) electrons. The molecule has 1 aliphatic rings. The van der Waals surface area contributed by atoms with Crippen LogP contribution in [0.2, 0.25) is 0 Å². The number of rotatable bonds is 14. The van der Waals surface area contributed by atoms with Crippen LogP contribution in [0.15, 0.2) is 66.7 Å². The number of amides is 1. The third-order valence-corrected chi connectivity index (χ3v) is 7.16. The topological polar surface area (TPSA) is 116 Å². The molecule has 1 heterocycles. The molecule has 2 N–H and O–H groups in total. The molecule has 0 spiro atoms. The van der Waals surface area contributed by atoms with Crippen molar-refractivity contribution in [2.45, 2.75) is 37.8 Å². The van der Waals surface area contributed by atoms with Crippen molar-refractivity contribution in [3.63, 3.8) is 0 Å². The number of carboxylic acid groups (broad SMARTS) is 1. The average Bonchev–Trinajstić information content (AvgIpc) is 3.01. The Kier molecular flexibility index (Phi) is 11.3. The minimum atomic E-state index is -1.11. The minimum absolute atomic E-state index is 0.00866. The molecule has 0 aliphatic carbocycles. The first kappa shape index (κ1) is 31.0. The number of aliphatic hydroxyl groups is 1. The van der Waals surface area contributed by atoms with Gasteiger partial charge in [0.25, 0.3) is 0 Å². The molecular weight excluding hydrogens is 542 g/mol. The summed E-state index contributed by atoms with van der Waals surface area (Å²) in [6, 6.07) is 21.1. The van der Waals surface area contributed by atoms with Crippen LogP contribution in [0, 0.1) is 0 Å². The molecule has 3 unspecified atom stereocenters. The zero-order valence-corrected chi connectivity index (χ0v) is 24.2. The van der Waals surface area contributed by atoms with Gasteiger partial charge in [-0.05, 0) is 41.0 Å². The van der Waals surface area contributed by atoms with Crippen LogP contribution in [0.25, 0.3) is 0 Å². The van der Waals surface area contributed by atoms with Gasteiger partial charge < -0.3 is 43.5 Å². The molecule has 1 aliphatic heterocycles. The largest absolute Gasteiger partial charge is 0.494 e. The molecule has 3 aromatic carbocycles. The summed E-state index contributed by atoms with van der Waals surface area (Å²) in [5, 5.41) is 20.7. The van der Waals surface area contributed by atoms with Crippen molar-refractivity contribution in [1.29, 1.82) is 0 Å². The molecule has 1 amide bonds. The monoisotopic (exact) mass is 581 g/mol. The Bertz CT molecular complexity index is 1240. The van der Waals surface area contributed by atoms with Gasteiger partial charge in [-0.15, -0.1) is 0 Å². The number of hydrogen-bond donors (Lipinski definition) is 2. The van der Waals surface area contributed by atoms with Crippen molar-refractivity contribution in [1.82, 2.24) is 4.90 Å². The van der Waals surface area contributed by atoms with Crippen LogP contribution in [-0.4, -0.2) is 81.0 Å². The first-order valence-electron chi connectivity index (χ1n) is 13.8. The van der Waals surface area contributed by atoms with E-state index in [0.29, 0.717) is 42.8 Å². The van der Waals surface area contributed by atoms with Crippen molar-refractivity contribution < 1.29 is 43.4 Å². The molecular formula is C32H39NO9. The van der Waals surface area contributed by atoms with Gasteiger partial charge in [-0.1, -0.05) is 42.5 Å². The van der Waals surface area contributed by atoms with E-state index in [1.807, 2.05) is 54.6 Å². The van der Waals surface area contributed by atoms with E-state index in [1.165, 1.54) is 26.2 Å². The lowest BCUT2D eigenvalue weighted by molar-refractivity contribution is -0.0660. The molecule has 10 heteroatoms. The summed E-state index contributed by atoms with van der Waals surface area (Å²) in [5.74, 6) is 1.70. The first-order valence-corrected chi connectivity index (χ1v) is 13.8. The summed E-state index contributed by atoms with van der Waals surface area (Å²) in [5.41, 5.74) is 2.72. The molecule has 0 aromatic heterocycles. The second-order valence-corrected chi connectivity index (χ2v) is 9.97.